The van der Waals surface area contributed by atoms with Gasteiger partial charge in [-0.3, -0.25) is 14.4 Å². The van der Waals surface area contributed by atoms with Crippen LogP contribution in [0.4, 0.5) is 11.4 Å². The van der Waals surface area contributed by atoms with E-state index in [4.69, 9.17) is 14.2 Å². The Balaban J connectivity index is 1.54. The smallest absolute Gasteiger partial charge is 0.308 e. The molecule has 8 nitrogen and oxygen atoms in total. The number of hydrogen-bond acceptors (Lipinski definition) is 6. The Morgan fingerprint density at radius 3 is 2.69 bits per heavy atom. The van der Waals surface area contributed by atoms with Gasteiger partial charge in [-0.2, -0.15) is 0 Å². The minimum Gasteiger partial charge on any atom is -0.495 e. The van der Waals surface area contributed by atoms with Crippen LogP contribution in [0.15, 0.2) is 48.5 Å². The average Bonchev–Trinajstić information content (AvgIpc) is 2.73. The molecule has 29 heavy (non-hydrogen) atoms. The van der Waals surface area contributed by atoms with Crippen LogP contribution in [0.3, 0.4) is 0 Å². The lowest BCUT2D eigenvalue weighted by Crippen LogP contribution is -2.40. The standard InChI is InChI=1S/C21H22N2O6/c1-14(21(26)22-15-7-3-5-9-17(15)27-2)29-20(25)11-12-23-16-8-4-6-10-18(16)28-13-19(23)24/h3-10,14H,11-13H2,1-2H3,(H,22,26)/t14-/m1/s1. The van der Waals surface area contributed by atoms with Crippen molar-refractivity contribution in [2.24, 2.45) is 0 Å². The molecule has 0 fully saturated rings. The van der Waals surface area contributed by atoms with Crippen molar-refractivity contribution in [3.05, 3.63) is 48.5 Å². The molecule has 1 aliphatic rings. The average molecular weight is 398 g/mol. The van der Waals surface area contributed by atoms with E-state index in [0.29, 0.717) is 22.9 Å². The molecule has 2 amide bonds. The Morgan fingerprint density at radius 1 is 1.17 bits per heavy atom. The third-order valence-electron chi connectivity index (χ3n) is 4.39. The van der Waals surface area contributed by atoms with Gasteiger partial charge in [0.25, 0.3) is 11.8 Å². The summed E-state index contributed by atoms with van der Waals surface area (Å²) in [5, 5.41) is 2.67. The number of ether oxygens (including phenoxy) is 3. The topological polar surface area (TPSA) is 94.2 Å². The number of fused-ring (bicyclic) bond motifs is 1. The molecule has 0 aromatic heterocycles. The van der Waals surface area contributed by atoms with Crippen LogP contribution in [0.25, 0.3) is 0 Å². The van der Waals surface area contributed by atoms with Crippen molar-refractivity contribution in [3.8, 4) is 11.5 Å². The highest BCUT2D eigenvalue weighted by Gasteiger charge is 2.26. The highest BCUT2D eigenvalue weighted by molar-refractivity contribution is 5.98. The van der Waals surface area contributed by atoms with Crippen molar-refractivity contribution in [3.63, 3.8) is 0 Å². The zero-order valence-electron chi connectivity index (χ0n) is 16.2. The lowest BCUT2D eigenvalue weighted by atomic mass is 10.2. The van der Waals surface area contributed by atoms with Crippen molar-refractivity contribution < 1.29 is 28.6 Å². The van der Waals surface area contributed by atoms with Gasteiger partial charge in [0.15, 0.2) is 12.7 Å². The first-order valence-electron chi connectivity index (χ1n) is 9.15. The summed E-state index contributed by atoms with van der Waals surface area (Å²) in [7, 11) is 1.50. The maximum Gasteiger partial charge on any atom is 0.308 e. The van der Waals surface area contributed by atoms with E-state index in [1.165, 1.54) is 18.9 Å². The van der Waals surface area contributed by atoms with Crippen molar-refractivity contribution in [1.29, 1.82) is 0 Å². The van der Waals surface area contributed by atoms with E-state index >= 15 is 0 Å². The fourth-order valence-electron chi connectivity index (χ4n) is 2.89. The number of carbonyl (C=O) groups is 3. The summed E-state index contributed by atoms with van der Waals surface area (Å²) >= 11 is 0. The minimum absolute atomic E-state index is 0.0493. The van der Waals surface area contributed by atoms with Gasteiger partial charge in [-0.25, -0.2) is 0 Å². The van der Waals surface area contributed by atoms with Crippen LogP contribution in [0.5, 0.6) is 11.5 Å². The molecular weight excluding hydrogens is 376 g/mol. The first-order chi connectivity index (χ1) is 14.0. The third-order valence-corrected chi connectivity index (χ3v) is 4.39. The van der Waals surface area contributed by atoms with Crippen LogP contribution in [-0.4, -0.2) is 44.1 Å². The van der Waals surface area contributed by atoms with E-state index in [0.717, 1.165) is 0 Å². The second-order valence-corrected chi connectivity index (χ2v) is 6.37. The van der Waals surface area contributed by atoms with Gasteiger partial charge in [0, 0.05) is 6.54 Å². The van der Waals surface area contributed by atoms with Crippen LogP contribution in [0, 0.1) is 0 Å². The monoisotopic (exact) mass is 398 g/mol. The Bertz CT molecular complexity index is 914. The van der Waals surface area contributed by atoms with Crippen LogP contribution in [0.1, 0.15) is 13.3 Å². The molecule has 0 spiro atoms. The number of benzene rings is 2. The molecule has 3 rings (SSSR count). The molecule has 0 saturated carbocycles. The number of anilines is 2. The Labute approximate surface area is 168 Å². The normalized spacial score (nSPS) is 13.7. The molecule has 0 radical (unpaired) electrons. The highest BCUT2D eigenvalue weighted by atomic mass is 16.5. The highest BCUT2D eigenvalue weighted by Crippen LogP contribution is 2.31. The molecule has 1 N–H and O–H groups in total. The summed E-state index contributed by atoms with van der Waals surface area (Å²) in [4.78, 5) is 38.1. The Hall–Kier alpha value is -3.55. The molecule has 8 heteroatoms. The van der Waals surface area contributed by atoms with E-state index in [1.807, 2.05) is 6.07 Å². The summed E-state index contributed by atoms with van der Waals surface area (Å²) in [6, 6.07) is 14.0. The van der Waals surface area contributed by atoms with Gasteiger partial charge in [0.2, 0.25) is 0 Å². The lowest BCUT2D eigenvalue weighted by Gasteiger charge is -2.29. The van der Waals surface area contributed by atoms with Gasteiger partial charge in [-0.05, 0) is 31.2 Å². The van der Waals surface area contributed by atoms with Gasteiger partial charge in [-0.15, -0.1) is 0 Å². The van der Waals surface area contributed by atoms with Gasteiger partial charge >= 0.3 is 5.97 Å². The minimum atomic E-state index is -1.000. The van der Waals surface area contributed by atoms with Crippen LogP contribution >= 0.6 is 0 Å². The van der Waals surface area contributed by atoms with E-state index in [1.54, 1.807) is 42.5 Å². The third kappa shape index (κ3) is 4.84. The summed E-state index contributed by atoms with van der Waals surface area (Å²) < 4.78 is 15.8. The van der Waals surface area contributed by atoms with Crippen LogP contribution in [-0.2, 0) is 19.1 Å². The summed E-state index contributed by atoms with van der Waals surface area (Å²) in [5.74, 6) is -0.201. The molecule has 152 valence electrons. The zero-order chi connectivity index (χ0) is 20.8. The SMILES string of the molecule is COc1ccccc1NC(=O)[C@@H](C)OC(=O)CCN1C(=O)COc2ccccc21. The molecule has 2 aromatic rings. The van der Waals surface area contributed by atoms with Crippen molar-refractivity contribution in [2.45, 2.75) is 19.4 Å². The van der Waals surface area contributed by atoms with Gasteiger partial charge < -0.3 is 24.4 Å². The molecule has 1 heterocycles. The Kier molecular flexibility index (Phi) is 6.33. The summed E-state index contributed by atoms with van der Waals surface area (Å²) in [5.41, 5.74) is 1.09. The Morgan fingerprint density at radius 2 is 1.90 bits per heavy atom. The fraction of sp³-hybridized carbons (Fsp3) is 0.286. The maximum absolute atomic E-state index is 12.3. The number of methoxy groups -OCH3 is 1. The lowest BCUT2D eigenvalue weighted by molar-refractivity contribution is -0.153. The molecule has 2 aromatic carbocycles. The molecule has 1 aliphatic heterocycles. The van der Waals surface area contributed by atoms with Crippen molar-refractivity contribution >= 4 is 29.2 Å². The van der Waals surface area contributed by atoms with Crippen LogP contribution in [0.2, 0.25) is 0 Å². The van der Waals surface area contributed by atoms with Crippen molar-refractivity contribution in [1.82, 2.24) is 0 Å². The predicted octanol–water partition coefficient (Wildman–Crippen LogP) is 2.38. The number of esters is 1. The molecule has 0 unspecified atom stereocenters. The van der Waals surface area contributed by atoms with E-state index in [2.05, 4.69) is 5.32 Å². The van der Waals surface area contributed by atoms with Gasteiger partial charge in [-0.1, -0.05) is 24.3 Å². The number of amides is 2. The number of carbonyl (C=O) groups excluding carboxylic acids is 3. The largest absolute Gasteiger partial charge is 0.495 e. The number of rotatable bonds is 7. The van der Waals surface area contributed by atoms with Crippen LogP contribution < -0.4 is 19.7 Å². The molecular formula is C21H22N2O6. The maximum atomic E-state index is 12.3. The first-order valence-corrected chi connectivity index (χ1v) is 9.15. The number of hydrogen-bond donors (Lipinski definition) is 1. The molecule has 1 atom stereocenters. The fourth-order valence-corrected chi connectivity index (χ4v) is 2.89. The molecule has 0 bridgehead atoms. The van der Waals surface area contributed by atoms with Gasteiger partial charge in [0.05, 0.1) is 24.9 Å². The number of nitrogens with one attached hydrogen (secondary N) is 1. The summed E-state index contributed by atoms with van der Waals surface area (Å²) in [6.45, 7) is 1.54. The van der Waals surface area contributed by atoms with Gasteiger partial charge in [0.1, 0.15) is 11.5 Å². The first kappa shape index (κ1) is 20.2. The summed E-state index contributed by atoms with van der Waals surface area (Å²) in [6.07, 6.45) is -1.05. The van der Waals surface area contributed by atoms with E-state index < -0.39 is 18.0 Å². The van der Waals surface area contributed by atoms with Crippen molar-refractivity contribution in [2.75, 3.05) is 30.5 Å². The zero-order valence-corrected chi connectivity index (χ0v) is 16.2. The second kappa shape index (κ2) is 9.09. The molecule has 0 saturated heterocycles. The quantitative estimate of drug-likeness (QED) is 0.720. The second-order valence-electron chi connectivity index (χ2n) is 6.37. The van der Waals surface area contributed by atoms with E-state index in [9.17, 15) is 14.4 Å². The predicted molar refractivity (Wildman–Crippen MR) is 106 cm³/mol. The number of para-hydroxylation sites is 4. The van der Waals surface area contributed by atoms with E-state index in [-0.39, 0.29) is 25.5 Å². The molecule has 0 aliphatic carbocycles. The number of nitrogens with zero attached hydrogens (tertiary/aromatic N) is 1.